The molecule has 0 aromatic heterocycles. The third-order valence-electron chi connectivity index (χ3n) is 7.70. The number of hydrogen-bond donors (Lipinski definition) is 3. The van der Waals surface area contributed by atoms with E-state index in [0.717, 1.165) is 32.1 Å². The van der Waals surface area contributed by atoms with E-state index in [-0.39, 0.29) is 0 Å². The summed E-state index contributed by atoms with van der Waals surface area (Å²) in [6.07, 6.45) is 5.39. The van der Waals surface area contributed by atoms with Crippen molar-refractivity contribution in [2.24, 2.45) is 29.6 Å². The van der Waals surface area contributed by atoms with E-state index in [9.17, 15) is 19.8 Å². The number of hydrogen-bond acceptors (Lipinski definition) is 5. The fourth-order valence-electron chi connectivity index (χ4n) is 5.04. The Morgan fingerprint density at radius 2 is 1.50 bits per heavy atom. The smallest absolute Gasteiger partial charge is 0.359 e. The zero-order valence-electron chi connectivity index (χ0n) is 20.0. The SMILES string of the molecule is CC(C)C1CCC(C)(OC(=O)C(C)(O)NC(=O)C2CC(C(C)C)CCC2(C)O)CC1. The molecule has 4 atom stereocenters. The summed E-state index contributed by atoms with van der Waals surface area (Å²) in [4.78, 5) is 25.7. The second-order valence-electron chi connectivity index (χ2n) is 11.2. The van der Waals surface area contributed by atoms with Gasteiger partial charge in [0.25, 0.3) is 0 Å². The van der Waals surface area contributed by atoms with Gasteiger partial charge in [0.2, 0.25) is 11.6 Å². The van der Waals surface area contributed by atoms with Crippen LogP contribution in [0.5, 0.6) is 0 Å². The number of carbonyl (C=O) groups excluding carboxylic acids is 2. The zero-order chi connectivity index (χ0) is 22.9. The van der Waals surface area contributed by atoms with Crippen LogP contribution >= 0.6 is 0 Å². The van der Waals surface area contributed by atoms with E-state index < -0.39 is 34.7 Å². The summed E-state index contributed by atoms with van der Waals surface area (Å²) in [6, 6.07) is 0. The van der Waals surface area contributed by atoms with Crippen LogP contribution in [-0.2, 0) is 14.3 Å². The molecule has 6 heteroatoms. The van der Waals surface area contributed by atoms with Crippen LogP contribution in [0.1, 0.15) is 93.4 Å². The minimum Gasteiger partial charge on any atom is -0.456 e. The van der Waals surface area contributed by atoms with Gasteiger partial charge in [0, 0.05) is 0 Å². The van der Waals surface area contributed by atoms with Crippen LogP contribution in [0, 0.1) is 29.6 Å². The van der Waals surface area contributed by atoms with Gasteiger partial charge in [0.05, 0.1) is 11.5 Å². The molecule has 0 aliphatic heterocycles. The minimum atomic E-state index is -2.13. The Morgan fingerprint density at radius 1 is 1.00 bits per heavy atom. The zero-order valence-corrected chi connectivity index (χ0v) is 20.0. The molecule has 0 heterocycles. The molecule has 6 nitrogen and oxygen atoms in total. The average molecular weight is 426 g/mol. The second kappa shape index (κ2) is 9.15. The summed E-state index contributed by atoms with van der Waals surface area (Å²) in [6.45, 7) is 13.5. The molecule has 0 spiro atoms. The standard InChI is InChI=1S/C24H43NO5/c1-15(2)17-8-11-22(5,12-9-17)30-21(27)24(7,29)25-20(26)19-14-18(16(3)4)10-13-23(19,6)28/h15-19,28-29H,8-14H2,1-7H3,(H,25,26). The molecule has 1 amide bonds. The van der Waals surface area contributed by atoms with Gasteiger partial charge >= 0.3 is 5.97 Å². The quantitative estimate of drug-likeness (QED) is 0.445. The Balaban J connectivity index is 2.00. The number of rotatable bonds is 6. The largest absolute Gasteiger partial charge is 0.456 e. The Morgan fingerprint density at radius 3 is 2.00 bits per heavy atom. The molecule has 0 aromatic rings. The first-order valence-corrected chi connectivity index (χ1v) is 11.7. The molecule has 174 valence electrons. The van der Waals surface area contributed by atoms with E-state index in [1.807, 2.05) is 6.92 Å². The van der Waals surface area contributed by atoms with Gasteiger partial charge in [-0.05, 0) is 89.4 Å². The van der Waals surface area contributed by atoms with Crippen LogP contribution in [0.25, 0.3) is 0 Å². The number of carbonyl (C=O) groups is 2. The van der Waals surface area contributed by atoms with E-state index in [0.29, 0.717) is 36.5 Å². The highest BCUT2D eigenvalue weighted by molar-refractivity contribution is 5.88. The maximum absolute atomic E-state index is 13.0. The molecule has 3 N–H and O–H groups in total. The Kier molecular flexibility index (Phi) is 7.67. The van der Waals surface area contributed by atoms with Gasteiger partial charge in [-0.3, -0.25) is 4.79 Å². The topological polar surface area (TPSA) is 95.9 Å². The van der Waals surface area contributed by atoms with Crippen molar-refractivity contribution in [3.8, 4) is 0 Å². The van der Waals surface area contributed by atoms with E-state index >= 15 is 0 Å². The maximum Gasteiger partial charge on any atom is 0.359 e. The van der Waals surface area contributed by atoms with Crippen LogP contribution < -0.4 is 5.32 Å². The molecule has 2 saturated carbocycles. The molecule has 0 aromatic carbocycles. The summed E-state index contributed by atoms with van der Waals surface area (Å²) >= 11 is 0. The first kappa shape index (κ1) is 25.1. The summed E-state index contributed by atoms with van der Waals surface area (Å²) < 4.78 is 5.71. The fraction of sp³-hybridized carbons (Fsp3) is 0.917. The molecule has 2 aliphatic carbocycles. The van der Waals surface area contributed by atoms with Crippen molar-refractivity contribution in [2.75, 3.05) is 0 Å². The minimum absolute atomic E-state index is 0.327. The molecule has 0 saturated heterocycles. The van der Waals surface area contributed by atoms with Gasteiger partial charge in [-0.15, -0.1) is 0 Å². The second-order valence-corrected chi connectivity index (χ2v) is 11.2. The van der Waals surface area contributed by atoms with Gasteiger partial charge in [-0.2, -0.15) is 0 Å². The molecule has 30 heavy (non-hydrogen) atoms. The number of aliphatic hydroxyl groups is 2. The van der Waals surface area contributed by atoms with Crippen molar-refractivity contribution in [3.63, 3.8) is 0 Å². The predicted molar refractivity (Wildman–Crippen MR) is 116 cm³/mol. The summed E-state index contributed by atoms with van der Waals surface area (Å²) in [5, 5.41) is 23.9. The first-order chi connectivity index (χ1) is 13.7. The molecule has 0 radical (unpaired) electrons. The van der Waals surface area contributed by atoms with E-state index in [1.54, 1.807) is 6.92 Å². The van der Waals surface area contributed by atoms with Crippen LogP contribution in [0.15, 0.2) is 0 Å². The highest BCUT2D eigenvalue weighted by atomic mass is 16.6. The number of esters is 1. The van der Waals surface area contributed by atoms with E-state index in [4.69, 9.17) is 4.74 Å². The lowest BCUT2D eigenvalue weighted by Gasteiger charge is -2.42. The average Bonchev–Trinajstić information content (AvgIpc) is 2.60. The number of ether oxygens (including phenoxy) is 1. The third kappa shape index (κ3) is 5.97. The van der Waals surface area contributed by atoms with Crippen molar-refractivity contribution in [3.05, 3.63) is 0 Å². The molecule has 2 aliphatic rings. The molecule has 2 rings (SSSR count). The van der Waals surface area contributed by atoms with Crippen molar-refractivity contribution in [1.29, 1.82) is 0 Å². The van der Waals surface area contributed by atoms with Crippen LogP contribution in [0.4, 0.5) is 0 Å². The van der Waals surface area contributed by atoms with E-state index in [2.05, 4.69) is 33.0 Å². The highest BCUT2D eigenvalue weighted by Crippen LogP contribution is 2.41. The first-order valence-electron chi connectivity index (χ1n) is 11.7. The highest BCUT2D eigenvalue weighted by Gasteiger charge is 2.47. The molecular formula is C24H43NO5. The van der Waals surface area contributed by atoms with Crippen molar-refractivity contribution in [1.82, 2.24) is 5.32 Å². The van der Waals surface area contributed by atoms with Crippen molar-refractivity contribution >= 4 is 11.9 Å². The van der Waals surface area contributed by atoms with Gasteiger partial charge in [-0.1, -0.05) is 27.7 Å². The van der Waals surface area contributed by atoms with Gasteiger partial charge < -0.3 is 20.3 Å². The maximum atomic E-state index is 13.0. The Labute approximate surface area is 182 Å². The number of amides is 1. The summed E-state index contributed by atoms with van der Waals surface area (Å²) in [7, 11) is 0. The number of nitrogens with one attached hydrogen (secondary N) is 1. The Hall–Kier alpha value is -1.14. The van der Waals surface area contributed by atoms with Crippen LogP contribution in [-0.4, -0.2) is 39.0 Å². The normalized spacial score (nSPS) is 37.0. The van der Waals surface area contributed by atoms with Gasteiger partial charge in [-0.25, -0.2) is 4.79 Å². The van der Waals surface area contributed by atoms with Crippen molar-refractivity contribution < 1.29 is 24.5 Å². The summed E-state index contributed by atoms with van der Waals surface area (Å²) in [5.74, 6) is -0.0473. The molecule has 4 unspecified atom stereocenters. The Bertz CT molecular complexity index is 617. The lowest BCUT2D eigenvalue weighted by molar-refractivity contribution is -0.188. The van der Waals surface area contributed by atoms with Crippen molar-refractivity contribution in [2.45, 2.75) is 110 Å². The molecular weight excluding hydrogens is 382 g/mol. The monoisotopic (exact) mass is 425 g/mol. The van der Waals surface area contributed by atoms with E-state index in [1.165, 1.54) is 6.92 Å². The van der Waals surface area contributed by atoms with Crippen LogP contribution in [0.3, 0.4) is 0 Å². The van der Waals surface area contributed by atoms with Gasteiger partial charge in [0.1, 0.15) is 5.60 Å². The fourth-order valence-corrected chi connectivity index (χ4v) is 5.04. The predicted octanol–water partition coefficient (Wildman–Crippen LogP) is 3.78. The molecule has 0 bridgehead atoms. The molecule has 2 fully saturated rings. The lowest BCUT2D eigenvalue weighted by atomic mass is 9.68. The van der Waals surface area contributed by atoms with Crippen LogP contribution in [0.2, 0.25) is 0 Å². The lowest BCUT2D eigenvalue weighted by Crippen LogP contribution is -2.59. The van der Waals surface area contributed by atoms with Gasteiger partial charge in [0.15, 0.2) is 0 Å². The summed E-state index contributed by atoms with van der Waals surface area (Å²) in [5.41, 5.74) is -3.91. The third-order valence-corrected chi connectivity index (χ3v) is 7.70.